The molecule has 0 aliphatic heterocycles. The van der Waals surface area contributed by atoms with Crippen molar-refractivity contribution in [3.63, 3.8) is 0 Å². The van der Waals surface area contributed by atoms with Crippen molar-refractivity contribution >= 4 is 33.2 Å². The Kier molecular flexibility index (Phi) is 7.65. The lowest BCUT2D eigenvalue weighted by Crippen LogP contribution is -2.53. The van der Waals surface area contributed by atoms with E-state index in [2.05, 4.69) is 28.1 Å². The largest absolute Gasteiger partial charge is 0.497 e. The molecule has 2 N–H and O–H groups in total. The molecule has 0 radical (unpaired) electrons. The first-order valence-corrected chi connectivity index (χ1v) is 11.1. The smallest absolute Gasteiger partial charge is 0.242 e. The fourth-order valence-electron chi connectivity index (χ4n) is 3.68. The first-order chi connectivity index (χ1) is 15.0. The van der Waals surface area contributed by atoms with Gasteiger partial charge in [0.1, 0.15) is 11.8 Å². The van der Waals surface area contributed by atoms with Crippen molar-refractivity contribution in [2.45, 2.75) is 24.9 Å². The van der Waals surface area contributed by atoms with E-state index in [1.165, 1.54) is 10.1 Å². The maximum Gasteiger partial charge on any atom is 0.242 e. The molecule has 0 fully saturated rings. The number of hydrogen-bond donors (Lipinski definition) is 2. The summed E-state index contributed by atoms with van der Waals surface area (Å²) >= 11 is 1.68. The molecule has 0 unspecified atom stereocenters. The van der Waals surface area contributed by atoms with Gasteiger partial charge in [-0.2, -0.15) is 0 Å². The molecule has 2 atom stereocenters. The second kappa shape index (κ2) is 10.4. The van der Waals surface area contributed by atoms with E-state index in [1.54, 1.807) is 44.5 Å². The van der Waals surface area contributed by atoms with Crippen LogP contribution in [0.1, 0.15) is 11.1 Å². The fourth-order valence-corrected chi connectivity index (χ4v) is 4.66. The van der Waals surface area contributed by atoms with Crippen LogP contribution >= 0.6 is 11.3 Å². The first-order valence-electron chi connectivity index (χ1n) is 10.2. The number of thiophene rings is 1. The summed E-state index contributed by atoms with van der Waals surface area (Å²) in [5.74, 6) is 0.449. The van der Waals surface area contributed by atoms with E-state index in [9.17, 15) is 9.59 Å². The Bertz CT molecular complexity index is 1030. The normalized spacial score (nSPS) is 12.9. The maximum atomic E-state index is 13.4. The van der Waals surface area contributed by atoms with Crippen molar-refractivity contribution in [2.75, 3.05) is 28.3 Å². The molecule has 0 bridgehead atoms. The highest BCUT2D eigenvalue weighted by Crippen LogP contribution is 2.27. The van der Waals surface area contributed by atoms with E-state index >= 15 is 0 Å². The molecule has 0 spiro atoms. The Balaban J connectivity index is 1.78. The number of benzene rings is 2. The Morgan fingerprint density at radius 1 is 1.06 bits per heavy atom. The molecule has 1 aromatic heterocycles. The van der Waals surface area contributed by atoms with Crippen LogP contribution in [0.3, 0.4) is 0 Å². The number of carbonyl (C=O) groups is 2. The van der Waals surface area contributed by atoms with Gasteiger partial charge in [-0.05, 0) is 53.6 Å². The van der Waals surface area contributed by atoms with Crippen LogP contribution in [0.15, 0.2) is 53.9 Å². The average Bonchev–Trinajstić information content (AvgIpc) is 3.22. The van der Waals surface area contributed by atoms with Crippen LogP contribution in [0.2, 0.25) is 0 Å². The number of rotatable bonds is 9. The molecular formula is C24H29N3O3S. The van der Waals surface area contributed by atoms with Crippen molar-refractivity contribution < 1.29 is 14.3 Å². The van der Waals surface area contributed by atoms with E-state index in [0.29, 0.717) is 12.8 Å². The summed E-state index contributed by atoms with van der Waals surface area (Å²) in [6.45, 7) is 0. The lowest BCUT2D eigenvalue weighted by atomic mass is 10.0. The highest BCUT2D eigenvalue weighted by atomic mass is 32.1. The zero-order valence-electron chi connectivity index (χ0n) is 18.3. The van der Waals surface area contributed by atoms with E-state index in [4.69, 9.17) is 4.74 Å². The number of fused-ring (bicyclic) bond motifs is 1. The molecule has 0 saturated heterocycles. The van der Waals surface area contributed by atoms with Gasteiger partial charge >= 0.3 is 0 Å². The molecule has 3 aromatic rings. The van der Waals surface area contributed by atoms with Gasteiger partial charge in [-0.3, -0.25) is 9.59 Å². The van der Waals surface area contributed by atoms with Gasteiger partial charge in [0.25, 0.3) is 0 Å². The number of nitrogens with one attached hydrogen (secondary N) is 2. The van der Waals surface area contributed by atoms with Gasteiger partial charge in [0.2, 0.25) is 11.8 Å². The molecule has 164 valence electrons. The standard InChI is InChI=1S/C24H29N3O3S/c1-25-20(14-17-15-31-22-8-6-5-7-19(17)22)24(29)27(3)21(23(28)26-2)13-16-9-11-18(30-4)12-10-16/h5-12,15,20-21,25H,13-14H2,1-4H3,(H,26,28)/t20-,21-/m1/s1. The Morgan fingerprint density at radius 3 is 2.42 bits per heavy atom. The number of methoxy groups -OCH3 is 1. The summed E-state index contributed by atoms with van der Waals surface area (Å²) in [4.78, 5) is 27.5. The summed E-state index contributed by atoms with van der Waals surface area (Å²) < 4.78 is 6.41. The SMILES string of the molecule is CNC(=O)[C@@H](Cc1ccc(OC)cc1)N(C)C(=O)[C@@H](Cc1csc2ccccc12)NC. The van der Waals surface area contributed by atoms with Crippen LogP contribution in [-0.2, 0) is 22.4 Å². The molecule has 6 nitrogen and oxygen atoms in total. The Morgan fingerprint density at radius 2 is 1.77 bits per heavy atom. The van der Waals surface area contributed by atoms with Crippen molar-refractivity contribution in [1.29, 1.82) is 0 Å². The maximum absolute atomic E-state index is 13.4. The first kappa shape index (κ1) is 22.8. The number of ether oxygens (including phenoxy) is 1. The monoisotopic (exact) mass is 439 g/mol. The number of amides is 2. The van der Waals surface area contributed by atoms with Crippen LogP contribution in [0.25, 0.3) is 10.1 Å². The van der Waals surface area contributed by atoms with Gasteiger partial charge in [0.15, 0.2) is 0 Å². The van der Waals surface area contributed by atoms with Gasteiger partial charge in [0.05, 0.1) is 13.2 Å². The topological polar surface area (TPSA) is 70.7 Å². The van der Waals surface area contributed by atoms with Crippen LogP contribution in [0.5, 0.6) is 5.75 Å². The molecule has 0 aliphatic rings. The van der Waals surface area contributed by atoms with Crippen molar-refractivity contribution in [3.8, 4) is 5.75 Å². The molecule has 3 rings (SSSR count). The molecule has 2 amide bonds. The molecule has 2 aromatic carbocycles. The molecule has 7 heteroatoms. The molecule has 31 heavy (non-hydrogen) atoms. The number of likely N-dealkylation sites (N-methyl/N-ethyl adjacent to an activating group) is 3. The predicted molar refractivity (Wildman–Crippen MR) is 126 cm³/mol. The minimum atomic E-state index is -0.610. The summed E-state index contributed by atoms with van der Waals surface area (Å²) in [7, 11) is 6.68. The predicted octanol–water partition coefficient (Wildman–Crippen LogP) is 2.86. The molecular weight excluding hydrogens is 410 g/mol. The fraction of sp³-hybridized carbons (Fsp3) is 0.333. The lowest BCUT2D eigenvalue weighted by molar-refractivity contribution is -0.140. The minimum absolute atomic E-state index is 0.111. The average molecular weight is 440 g/mol. The molecule has 1 heterocycles. The number of nitrogens with zero attached hydrogens (tertiary/aromatic N) is 1. The number of carbonyl (C=O) groups excluding carboxylic acids is 2. The second-order valence-electron chi connectivity index (χ2n) is 7.43. The van der Waals surface area contributed by atoms with E-state index in [-0.39, 0.29) is 11.8 Å². The summed E-state index contributed by atoms with van der Waals surface area (Å²) in [6.07, 6.45) is 0.983. The Hall–Kier alpha value is -2.90. The van der Waals surface area contributed by atoms with E-state index in [0.717, 1.165) is 16.9 Å². The minimum Gasteiger partial charge on any atom is -0.497 e. The van der Waals surface area contributed by atoms with Gasteiger partial charge in [-0.15, -0.1) is 11.3 Å². The van der Waals surface area contributed by atoms with Gasteiger partial charge in [-0.1, -0.05) is 30.3 Å². The third-order valence-electron chi connectivity index (χ3n) is 5.58. The lowest BCUT2D eigenvalue weighted by Gasteiger charge is -2.30. The summed E-state index contributed by atoms with van der Waals surface area (Å²) in [6, 6.07) is 14.7. The number of hydrogen-bond acceptors (Lipinski definition) is 5. The zero-order valence-corrected chi connectivity index (χ0v) is 19.2. The van der Waals surface area contributed by atoms with Crippen molar-refractivity contribution in [1.82, 2.24) is 15.5 Å². The second-order valence-corrected chi connectivity index (χ2v) is 8.35. The third kappa shape index (κ3) is 5.24. The van der Waals surface area contributed by atoms with Gasteiger partial charge in [0, 0.05) is 25.2 Å². The summed E-state index contributed by atoms with van der Waals surface area (Å²) in [5, 5.41) is 9.11. The van der Waals surface area contributed by atoms with E-state index < -0.39 is 12.1 Å². The molecule has 0 saturated carbocycles. The van der Waals surface area contributed by atoms with Crippen LogP contribution in [0.4, 0.5) is 0 Å². The van der Waals surface area contributed by atoms with Crippen LogP contribution in [-0.4, -0.2) is 57.1 Å². The summed E-state index contributed by atoms with van der Waals surface area (Å²) in [5.41, 5.74) is 2.09. The quantitative estimate of drug-likeness (QED) is 0.538. The Labute approximate surface area is 187 Å². The third-order valence-corrected chi connectivity index (χ3v) is 6.60. The highest BCUT2D eigenvalue weighted by molar-refractivity contribution is 7.17. The highest BCUT2D eigenvalue weighted by Gasteiger charge is 2.31. The van der Waals surface area contributed by atoms with E-state index in [1.807, 2.05) is 36.4 Å². The van der Waals surface area contributed by atoms with Gasteiger partial charge < -0.3 is 20.3 Å². The van der Waals surface area contributed by atoms with Crippen LogP contribution in [0, 0.1) is 0 Å². The zero-order chi connectivity index (χ0) is 22.4. The van der Waals surface area contributed by atoms with Crippen LogP contribution < -0.4 is 15.4 Å². The van der Waals surface area contributed by atoms with Crippen molar-refractivity contribution in [2.24, 2.45) is 0 Å². The van der Waals surface area contributed by atoms with Gasteiger partial charge in [-0.25, -0.2) is 0 Å². The van der Waals surface area contributed by atoms with Crippen molar-refractivity contribution in [3.05, 3.63) is 65.0 Å². The molecule has 0 aliphatic carbocycles.